The highest BCUT2D eigenvalue weighted by Gasteiger charge is 2.35. The summed E-state index contributed by atoms with van der Waals surface area (Å²) in [5.74, 6) is 0.598. The van der Waals surface area contributed by atoms with Crippen LogP contribution in [0, 0.1) is 11.8 Å². The Morgan fingerprint density at radius 3 is 1.19 bits per heavy atom. The van der Waals surface area contributed by atoms with Gasteiger partial charge in [0.2, 0.25) is 0 Å². The number of ether oxygens (including phenoxy) is 8. The largest absolute Gasteiger partial charge is 0.382 e. The summed E-state index contributed by atoms with van der Waals surface area (Å²) in [6.07, 6.45) is 10.1. The van der Waals surface area contributed by atoms with Crippen molar-refractivity contribution in [1.82, 2.24) is 0 Å². The predicted molar refractivity (Wildman–Crippen MR) is 142 cm³/mol. The minimum atomic E-state index is 0.167. The maximum atomic E-state index is 6.25. The SMILES string of the molecule is C=CC1CC(OCCCCOCCOCCOC)C(C=C)CC1OCCCCOCCOCCOC. The quantitative estimate of drug-likeness (QED) is 0.126. The van der Waals surface area contributed by atoms with E-state index in [-0.39, 0.29) is 12.2 Å². The first-order valence-electron chi connectivity index (χ1n) is 13.5. The zero-order valence-electron chi connectivity index (χ0n) is 22.9. The van der Waals surface area contributed by atoms with E-state index >= 15 is 0 Å². The molecule has 1 fully saturated rings. The number of hydrogen-bond donors (Lipinski definition) is 0. The molecule has 36 heavy (non-hydrogen) atoms. The van der Waals surface area contributed by atoms with Gasteiger partial charge < -0.3 is 37.9 Å². The summed E-state index contributed by atoms with van der Waals surface area (Å²) in [7, 11) is 3.34. The lowest BCUT2D eigenvalue weighted by molar-refractivity contribution is -0.0740. The molecule has 0 amide bonds. The Morgan fingerprint density at radius 1 is 0.500 bits per heavy atom. The van der Waals surface area contributed by atoms with Crippen LogP contribution in [0.1, 0.15) is 38.5 Å². The van der Waals surface area contributed by atoms with Crippen LogP contribution in [-0.4, -0.2) is 106 Å². The lowest BCUT2D eigenvalue weighted by Crippen LogP contribution is -2.40. The molecule has 0 heterocycles. The molecule has 1 rings (SSSR count). The maximum Gasteiger partial charge on any atom is 0.0701 e. The predicted octanol–water partition coefficient (Wildman–Crippen LogP) is 4.07. The fourth-order valence-electron chi connectivity index (χ4n) is 4.08. The first-order valence-corrected chi connectivity index (χ1v) is 13.5. The van der Waals surface area contributed by atoms with Crippen molar-refractivity contribution < 1.29 is 37.9 Å². The van der Waals surface area contributed by atoms with E-state index in [1.807, 2.05) is 12.2 Å². The van der Waals surface area contributed by atoms with E-state index < -0.39 is 0 Å². The summed E-state index contributed by atoms with van der Waals surface area (Å²) in [5.41, 5.74) is 0. The molecule has 1 saturated carbocycles. The van der Waals surface area contributed by atoms with Gasteiger partial charge in [-0.2, -0.15) is 0 Å². The summed E-state index contributed by atoms with van der Waals surface area (Å²) < 4.78 is 44.3. The van der Waals surface area contributed by atoms with Crippen molar-refractivity contribution >= 4 is 0 Å². The van der Waals surface area contributed by atoms with E-state index in [2.05, 4.69) is 13.2 Å². The van der Waals surface area contributed by atoms with Gasteiger partial charge in [0.05, 0.1) is 65.1 Å². The highest BCUT2D eigenvalue weighted by atomic mass is 16.5. The van der Waals surface area contributed by atoms with Crippen LogP contribution >= 0.6 is 0 Å². The number of methoxy groups -OCH3 is 2. The average molecular weight is 517 g/mol. The van der Waals surface area contributed by atoms with Gasteiger partial charge in [-0.15, -0.1) is 13.2 Å². The minimum Gasteiger partial charge on any atom is -0.382 e. The minimum absolute atomic E-state index is 0.167. The summed E-state index contributed by atoms with van der Waals surface area (Å²) >= 11 is 0. The molecule has 212 valence electrons. The number of hydrogen-bond acceptors (Lipinski definition) is 8. The molecule has 0 N–H and O–H groups in total. The van der Waals surface area contributed by atoms with Crippen LogP contribution in [0.3, 0.4) is 0 Å². The van der Waals surface area contributed by atoms with Crippen LogP contribution < -0.4 is 0 Å². The van der Waals surface area contributed by atoms with Gasteiger partial charge in [-0.3, -0.25) is 0 Å². The standard InChI is InChI=1S/C28H52O8/c1-5-25-23-28(36-14-10-8-12-32-20-22-34-18-16-30-4)26(6-2)24-27(25)35-13-9-7-11-31-19-21-33-17-15-29-3/h5-6,25-28H,1-2,7-24H2,3-4H3. The Labute approximate surface area is 219 Å². The molecule has 0 aromatic heterocycles. The normalized spacial score (nSPS) is 22.1. The van der Waals surface area contributed by atoms with E-state index in [0.717, 1.165) is 65.0 Å². The lowest BCUT2D eigenvalue weighted by atomic mass is 9.77. The Balaban J connectivity index is 2.10. The van der Waals surface area contributed by atoms with Gasteiger partial charge in [-0.1, -0.05) is 12.2 Å². The van der Waals surface area contributed by atoms with Crippen LogP contribution in [0.4, 0.5) is 0 Å². The van der Waals surface area contributed by atoms with E-state index in [1.165, 1.54) is 0 Å². The molecule has 1 aliphatic carbocycles. The topological polar surface area (TPSA) is 73.8 Å². The molecule has 0 spiro atoms. The molecule has 0 bridgehead atoms. The van der Waals surface area contributed by atoms with Crippen molar-refractivity contribution in [1.29, 1.82) is 0 Å². The fraction of sp³-hybridized carbons (Fsp3) is 0.857. The van der Waals surface area contributed by atoms with Crippen molar-refractivity contribution in [3.8, 4) is 0 Å². The van der Waals surface area contributed by atoms with E-state index in [1.54, 1.807) is 14.2 Å². The third-order valence-corrected chi connectivity index (χ3v) is 6.21. The highest BCUT2D eigenvalue weighted by molar-refractivity contribution is 5.00. The fourth-order valence-corrected chi connectivity index (χ4v) is 4.08. The molecule has 8 heteroatoms. The van der Waals surface area contributed by atoms with Gasteiger partial charge in [0.25, 0.3) is 0 Å². The molecular formula is C28H52O8. The number of rotatable bonds is 26. The van der Waals surface area contributed by atoms with Crippen LogP contribution in [-0.2, 0) is 37.9 Å². The molecule has 0 aromatic rings. The Bertz CT molecular complexity index is 460. The molecule has 1 aliphatic rings. The Hall–Kier alpha value is -0.840. The van der Waals surface area contributed by atoms with Gasteiger partial charge in [0.1, 0.15) is 0 Å². The van der Waals surface area contributed by atoms with Crippen LogP contribution in [0.2, 0.25) is 0 Å². The zero-order valence-corrected chi connectivity index (χ0v) is 22.9. The van der Waals surface area contributed by atoms with Crippen molar-refractivity contribution in [3.05, 3.63) is 25.3 Å². The van der Waals surface area contributed by atoms with E-state index in [0.29, 0.717) is 64.7 Å². The zero-order chi connectivity index (χ0) is 26.1. The van der Waals surface area contributed by atoms with Gasteiger partial charge in [0, 0.05) is 52.5 Å². The highest BCUT2D eigenvalue weighted by Crippen LogP contribution is 2.35. The van der Waals surface area contributed by atoms with Crippen LogP contribution in [0.5, 0.6) is 0 Å². The van der Waals surface area contributed by atoms with Crippen molar-refractivity contribution in [2.75, 3.05) is 93.5 Å². The first kappa shape index (κ1) is 33.2. The lowest BCUT2D eigenvalue weighted by Gasteiger charge is -2.39. The van der Waals surface area contributed by atoms with E-state index in [4.69, 9.17) is 37.9 Å². The second kappa shape index (κ2) is 24.5. The van der Waals surface area contributed by atoms with Crippen LogP contribution in [0.15, 0.2) is 25.3 Å². The third-order valence-electron chi connectivity index (χ3n) is 6.21. The Morgan fingerprint density at radius 2 is 0.833 bits per heavy atom. The molecule has 8 nitrogen and oxygen atoms in total. The van der Waals surface area contributed by atoms with E-state index in [9.17, 15) is 0 Å². The van der Waals surface area contributed by atoms with Crippen LogP contribution in [0.25, 0.3) is 0 Å². The van der Waals surface area contributed by atoms with Crippen molar-refractivity contribution in [2.24, 2.45) is 11.8 Å². The summed E-state index contributed by atoms with van der Waals surface area (Å²) in [4.78, 5) is 0. The summed E-state index contributed by atoms with van der Waals surface area (Å²) in [6.45, 7) is 15.9. The molecule has 0 radical (unpaired) electrons. The summed E-state index contributed by atoms with van der Waals surface area (Å²) in [5, 5.41) is 0. The van der Waals surface area contributed by atoms with Gasteiger partial charge in [-0.05, 0) is 38.5 Å². The summed E-state index contributed by atoms with van der Waals surface area (Å²) in [6, 6.07) is 0. The van der Waals surface area contributed by atoms with Crippen molar-refractivity contribution in [2.45, 2.75) is 50.7 Å². The second-order valence-corrected chi connectivity index (χ2v) is 8.94. The van der Waals surface area contributed by atoms with Crippen molar-refractivity contribution in [3.63, 3.8) is 0 Å². The third kappa shape index (κ3) is 16.8. The second-order valence-electron chi connectivity index (χ2n) is 8.94. The molecule has 0 saturated heterocycles. The van der Waals surface area contributed by atoms with Gasteiger partial charge in [-0.25, -0.2) is 0 Å². The average Bonchev–Trinajstić information content (AvgIpc) is 2.90. The maximum absolute atomic E-state index is 6.25. The van der Waals surface area contributed by atoms with Gasteiger partial charge in [0.15, 0.2) is 0 Å². The first-order chi connectivity index (χ1) is 17.8. The van der Waals surface area contributed by atoms with Gasteiger partial charge >= 0.3 is 0 Å². The molecule has 0 aliphatic heterocycles. The molecular weight excluding hydrogens is 464 g/mol. The molecule has 4 atom stereocenters. The molecule has 0 aromatic carbocycles. The monoisotopic (exact) mass is 516 g/mol. The molecule has 4 unspecified atom stereocenters. The number of unbranched alkanes of at least 4 members (excludes halogenated alkanes) is 2. The Kier molecular flexibility index (Phi) is 22.6. The smallest absolute Gasteiger partial charge is 0.0701 e.